The molecule has 0 aliphatic heterocycles. The predicted octanol–water partition coefficient (Wildman–Crippen LogP) is 2.74. The van der Waals surface area contributed by atoms with Crippen LogP contribution in [0.15, 0.2) is 22.6 Å². The van der Waals surface area contributed by atoms with Gasteiger partial charge in [0.15, 0.2) is 5.76 Å². The zero-order chi connectivity index (χ0) is 15.1. The van der Waals surface area contributed by atoms with Gasteiger partial charge in [0.1, 0.15) is 12.1 Å². The Bertz CT molecular complexity index is 727. The number of amides is 1. The minimum atomic E-state index is -1.000. The highest BCUT2D eigenvalue weighted by Gasteiger charge is 2.36. The van der Waals surface area contributed by atoms with Crippen molar-refractivity contribution in [3.63, 3.8) is 0 Å². The first kappa shape index (κ1) is 13.7. The average molecular weight is 287 g/mol. The van der Waals surface area contributed by atoms with Crippen molar-refractivity contribution in [1.82, 2.24) is 4.90 Å². The third-order valence-electron chi connectivity index (χ3n) is 3.91. The lowest BCUT2D eigenvalue weighted by Gasteiger charge is -2.19. The first-order valence-electron chi connectivity index (χ1n) is 7.00. The zero-order valence-corrected chi connectivity index (χ0v) is 12.0. The number of benzene rings is 1. The smallest absolute Gasteiger partial charge is 0.323 e. The number of nitrogens with zero attached hydrogens (tertiary/aromatic N) is 1. The molecule has 0 saturated heterocycles. The van der Waals surface area contributed by atoms with Crippen LogP contribution in [0, 0.1) is 13.8 Å². The van der Waals surface area contributed by atoms with Crippen LogP contribution in [0.3, 0.4) is 0 Å². The van der Waals surface area contributed by atoms with Gasteiger partial charge in [0.05, 0.1) is 0 Å². The number of furan rings is 1. The number of aliphatic carboxylic acids is 1. The topological polar surface area (TPSA) is 70.8 Å². The van der Waals surface area contributed by atoms with Crippen LogP contribution in [-0.4, -0.2) is 34.5 Å². The van der Waals surface area contributed by atoms with Crippen molar-refractivity contribution in [2.24, 2.45) is 0 Å². The molecule has 0 bridgehead atoms. The molecule has 1 N–H and O–H groups in total. The van der Waals surface area contributed by atoms with E-state index < -0.39 is 5.97 Å². The van der Waals surface area contributed by atoms with Gasteiger partial charge < -0.3 is 14.4 Å². The Labute approximate surface area is 122 Å². The van der Waals surface area contributed by atoms with E-state index in [1.54, 1.807) is 0 Å². The summed E-state index contributed by atoms with van der Waals surface area (Å²) in [6.07, 6.45) is 1.72. The Morgan fingerprint density at radius 1 is 1.33 bits per heavy atom. The molecule has 110 valence electrons. The summed E-state index contributed by atoms with van der Waals surface area (Å²) in [7, 11) is 0. The van der Waals surface area contributed by atoms with Gasteiger partial charge in [-0.2, -0.15) is 0 Å². The van der Waals surface area contributed by atoms with Crippen LogP contribution in [0.2, 0.25) is 0 Å². The van der Waals surface area contributed by atoms with Crippen molar-refractivity contribution in [1.29, 1.82) is 0 Å². The number of fused-ring (bicyclic) bond motifs is 1. The molecule has 1 heterocycles. The van der Waals surface area contributed by atoms with Gasteiger partial charge in [-0.05, 0) is 32.3 Å². The van der Waals surface area contributed by atoms with Crippen molar-refractivity contribution >= 4 is 22.8 Å². The molecule has 0 unspecified atom stereocenters. The summed E-state index contributed by atoms with van der Waals surface area (Å²) < 4.78 is 5.75. The maximum absolute atomic E-state index is 12.6. The SMILES string of the molecule is Cc1c(C(=O)N(CC(=O)O)C2CC2)oc2c(C)cccc12. The summed E-state index contributed by atoms with van der Waals surface area (Å²) in [6, 6.07) is 5.79. The molecular formula is C16H17NO4. The lowest BCUT2D eigenvalue weighted by molar-refractivity contribution is -0.137. The standard InChI is InChI=1S/C16H17NO4/c1-9-4-3-5-12-10(2)15(21-14(9)12)16(20)17(8-13(18)19)11-6-7-11/h3-5,11H,6-8H2,1-2H3,(H,18,19). The Morgan fingerprint density at radius 2 is 2.05 bits per heavy atom. The third-order valence-corrected chi connectivity index (χ3v) is 3.91. The molecule has 1 amide bonds. The zero-order valence-electron chi connectivity index (χ0n) is 12.0. The predicted molar refractivity (Wildman–Crippen MR) is 77.4 cm³/mol. The highest BCUT2D eigenvalue weighted by molar-refractivity contribution is 6.00. The van der Waals surface area contributed by atoms with Gasteiger partial charge in [-0.15, -0.1) is 0 Å². The average Bonchev–Trinajstić information content (AvgIpc) is 3.21. The van der Waals surface area contributed by atoms with E-state index in [-0.39, 0.29) is 24.3 Å². The number of para-hydroxylation sites is 1. The van der Waals surface area contributed by atoms with Crippen LogP contribution in [0.1, 0.15) is 34.5 Å². The minimum absolute atomic E-state index is 0.0299. The molecule has 3 rings (SSSR count). The highest BCUT2D eigenvalue weighted by Crippen LogP contribution is 2.32. The quantitative estimate of drug-likeness (QED) is 0.938. The van der Waals surface area contributed by atoms with Gasteiger partial charge in [-0.3, -0.25) is 9.59 Å². The Balaban J connectivity index is 2.02. The normalized spacial score (nSPS) is 14.4. The molecule has 5 nitrogen and oxygen atoms in total. The summed E-state index contributed by atoms with van der Waals surface area (Å²) in [5.74, 6) is -1.07. The Kier molecular flexibility index (Phi) is 3.20. The number of aryl methyl sites for hydroxylation is 2. The van der Waals surface area contributed by atoms with Crippen LogP contribution in [0.5, 0.6) is 0 Å². The van der Waals surface area contributed by atoms with Crippen molar-refractivity contribution in [2.75, 3.05) is 6.54 Å². The van der Waals surface area contributed by atoms with E-state index in [0.29, 0.717) is 5.58 Å². The lowest BCUT2D eigenvalue weighted by atomic mass is 10.1. The van der Waals surface area contributed by atoms with Crippen molar-refractivity contribution in [2.45, 2.75) is 32.7 Å². The van der Waals surface area contributed by atoms with E-state index in [1.807, 2.05) is 32.0 Å². The van der Waals surface area contributed by atoms with Crippen LogP contribution in [0.4, 0.5) is 0 Å². The molecule has 2 aromatic rings. The fraction of sp³-hybridized carbons (Fsp3) is 0.375. The monoisotopic (exact) mass is 287 g/mol. The minimum Gasteiger partial charge on any atom is -0.480 e. The molecule has 1 aliphatic rings. The Morgan fingerprint density at radius 3 is 2.62 bits per heavy atom. The number of carbonyl (C=O) groups excluding carboxylic acids is 1. The lowest BCUT2D eigenvalue weighted by Crippen LogP contribution is -2.37. The van der Waals surface area contributed by atoms with Crippen LogP contribution in [0.25, 0.3) is 11.0 Å². The molecule has 1 fully saturated rings. The summed E-state index contributed by atoms with van der Waals surface area (Å²) in [5.41, 5.74) is 2.44. The first-order valence-corrected chi connectivity index (χ1v) is 7.00. The second kappa shape index (κ2) is 4.91. The van der Waals surface area contributed by atoms with E-state index >= 15 is 0 Å². The number of carbonyl (C=O) groups is 2. The summed E-state index contributed by atoms with van der Waals surface area (Å²) in [4.78, 5) is 25.0. The van der Waals surface area contributed by atoms with Crippen LogP contribution < -0.4 is 0 Å². The molecule has 1 aromatic heterocycles. The maximum Gasteiger partial charge on any atom is 0.323 e. The molecule has 1 aliphatic carbocycles. The molecule has 0 radical (unpaired) electrons. The second-order valence-electron chi connectivity index (χ2n) is 5.57. The molecule has 1 aromatic carbocycles. The summed E-state index contributed by atoms with van der Waals surface area (Å²) in [5, 5.41) is 9.89. The van der Waals surface area contributed by atoms with Gasteiger partial charge in [0.2, 0.25) is 0 Å². The summed E-state index contributed by atoms with van der Waals surface area (Å²) >= 11 is 0. The first-order chi connectivity index (χ1) is 9.99. The van der Waals surface area contributed by atoms with Gasteiger partial charge in [0.25, 0.3) is 5.91 Å². The molecule has 1 saturated carbocycles. The largest absolute Gasteiger partial charge is 0.480 e. The third kappa shape index (κ3) is 2.39. The van der Waals surface area contributed by atoms with E-state index in [0.717, 1.165) is 29.4 Å². The van der Waals surface area contributed by atoms with Crippen LogP contribution in [-0.2, 0) is 4.79 Å². The number of carboxylic acid groups (broad SMARTS) is 1. The molecular weight excluding hydrogens is 270 g/mol. The van der Waals surface area contributed by atoms with Gasteiger partial charge >= 0.3 is 5.97 Å². The van der Waals surface area contributed by atoms with Gasteiger partial charge in [0, 0.05) is 17.0 Å². The van der Waals surface area contributed by atoms with E-state index in [1.165, 1.54) is 4.90 Å². The second-order valence-corrected chi connectivity index (χ2v) is 5.57. The van der Waals surface area contributed by atoms with Crippen molar-refractivity contribution in [3.05, 3.63) is 35.1 Å². The van der Waals surface area contributed by atoms with Crippen molar-refractivity contribution < 1.29 is 19.1 Å². The Hall–Kier alpha value is -2.30. The number of hydrogen-bond acceptors (Lipinski definition) is 3. The number of carboxylic acids is 1. The van der Waals surface area contributed by atoms with Gasteiger partial charge in [-0.25, -0.2) is 0 Å². The summed E-state index contributed by atoms with van der Waals surface area (Å²) in [6.45, 7) is 3.48. The number of rotatable bonds is 4. The fourth-order valence-corrected chi connectivity index (χ4v) is 2.62. The molecule has 0 atom stereocenters. The maximum atomic E-state index is 12.6. The van der Waals surface area contributed by atoms with E-state index in [2.05, 4.69) is 0 Å². The number of hydrogen-bond donors (Lipinski definition) is 1. The van der Waals surface area contributed by atoms with Crippen molar-refractivity contribution in [3.8, 4) is 0 Å². The molecule has 21 heavy (non-hydrogen) atoms. The van der Waals surface area contributed by atoms with Gasteiger partial charge in [-0.1, -0.05) is 18.2 Å². The molecule has 5 heteroatoms. The van der Waals surface area contributed by atoms with E-state index in [4.69, 9.17) is 9.52 Å². The van der Waals surface area contributed by atoms with Crippen LogP contribution >= 0.6 is 0 Å². The molecule has 0 spiro atoms. The highest BCUT2D eigenvalue weighted by atomic mass is 16.4. The van der Waals surface area contributed by atoms with E-state index in [9.17, 15) is 9.59 Å². The fourth-order valence-electron chi connectivity index (χ4n) is 2.62.